The van der Waals surface area contributed by atoms with Crippen molar-refractivity contribution in [3.63, 3.8) is 0 Å². The molecule has 0 atom stereocenters. The smallest absolute Gasteiger partial charge is 0.150 e. The monoisotopic (exact) mass is 147 g/mol. The molecule has 0 saturated carbocycles. The van der Waals surface area contributed by atoms with E-state index < -0.39 is 18.3 Å². The minimum Gasteiger partial charge on any atom is -0.252 e. The lowest BCUT2D eigenvalue weighted by atomic mass is 10.3. The number of nitrogens with zero attached hydrogens (tertiary/aromatic N) is 1. The first kappa shape index (κ1) is 7.05. The first-order valence-corrected chi connectivity index (χ1v) is 2.60. The quantitative estimate of drug-likeness (QED) is 0.590. The zero-order valence-corrected chi connectivity index (χ0v) is 4.94. The molecule has 0 aromatic carbocycles. The molecule has 1 heterocycles. The third kappa shape index (κ3) is 1.26. The van der Waals surface area contributed by atoms with E-state index in [2.05, 4.69) is 4.98 Å². The first-order chi connectivity index (χ1) is 4.74. The summed E-state index contributed by atoms with van der Waals surface area (Å²) in [5.74, 6) is -1.74. The summed E-state index contributed by atoms with van der Waals surface area (Å²) in [7, 11) is 0. The molecule has 4 heteroatoms. The molecule has 0 fully saturated rings. The van der Waals surface area contributed by atoms with E-state index in [1.807, 2.05) is 0 Å². The minimum atomic E-state index is -1.01. The number of halogens is 3. The zero-order chi connectivity index (χ0) is 7.56. The molecule has 54 valence electrons. The van der Waals surface area contributed by atoms with Gasteiger partial charge in [0.05, 0.1) is 6.20 Å². The SMILES string of the molecule is FCc1ncc(F)cc1F. The van der Waals surface area contributed by atoms with Gasteiger partial charge in [0.1, 0.15) is 24.0 Å². The van der Waals surface area contributed by atoms with Crippen LogP contribution >= 0.6 is 0 Å². The lowest BCUT2D eigenvalue weighted by Gasteiger charge is -1.93. The highest BCUT2D eigenvalue weighted by molar-refractivity contribution is 5.07. The summed E-state index contributed by atoms with van der Waals surface area (Å²) in [5.41, 5.74) is -0.360. The van der Waals surface area contributed by atoms with Gasteiger partial charge in [0.2, 0.25) is 0 Å². The second-order valence-electron chi connectivity index (χ2n) is 1.72. The molecule has 0 N–H and O–H groups in total. The van der Waals surface area contributed by atoms with E-state index in [0.717, 1.165) is 6.20 Å². The molecular weight excluding hydrogens is 143 g/mol. The summed E-state index contributed by atoms with van der Waals surface area (Å²) >= 11 is 0. The van der Waals surface area contributed by atoms with Crippen LogP contribution < -0.4 is 0 Å². The fraction of sp³-hybridized carbons (Fsp3) is 0.167. The van der Waals surface area contributed by atoms with Crippen molar-refractivity contribution in [3.8, 4) is 0 Å². The summed E-state index contributed by atoms with van der Waals surface area (Å²) in [6.45, 7) is -1.01. The Kier molecular flexibility index (Phi) is 1.89. The van der Waals surface area contributed by atoms with Gasteiger partial charge in [-0.15, -0.1) is 0 Å². The fourth-order valence-electron chi connectivity index (χ4n) is 0.541. The van der Waals surface area contributed by atoms with Crippen LogP contribution in [0.4, 0.5) is 13.2 Å². The maximum atomic E-state index is 12.3. The van der Waals surface area contributed by atoms with Gasteiger partial charge in [-0.25, -0.2) is 13.2 Å². The number of aromatic nitrogens is 1. The van der Waals surface area contributed by atoms with E-state index in [1.165, 1.54) is 0 Å². The second kappa shape index (κ2) is 2.68. The first-order valence-electron chi connectivity index (χ1n) is 2.60. The molecular formula is C6H4F3N. The Hall–Kier alpha value is -1.06. The maximum Gasteiger partial charge on any atom is 0.150 e. The third-order valence-electron chi connectivity index (χ3n) is 1.01. The molecule has 0 spiro atoms. The third-order valence-corrected chi connectivity index (χ3v) is 1.01. The second-order valence-corrected chi connectivity index (χ2v) is 1.72. The number of alkyl halides is 1. The highest BCUT2D eigenvalue weighted by Crippen LogP contribution is 2.06. The number of rotatable bonds is 1. The number of pyridine rings is 1. The van der Waals surface area contributed by atoms with Gasteiger partial charge in [0.15, 0.2) is 0 Å². The van der Waals surface area contributed by atoms with Crippen molar-refractivity contribution in [2.45, 2.75) is 6.67 Å². The summed E-state index contributed by atoms with van der Waals surface area (Å²) in [6.07, 6.45) is 0.776. The molecule has 0 aliphatic rings. The lowest BCUT2D eigenvalue weighted by Crippen LogP contribution is -1.92. The highest BCUT2D eigenvalue weighted by atomic mass is 19.1. The van der Waals surface area contributed by atoms with Gasteiger partial charge in [0.25, 0.3) is 0 Å². The predicted molar refractivity (Wildman–Crippen MR) is 29.0 cm³/mol. The van der Waals surface area contributed by atoms with Gasteiger partial charge in [-0.05, 0) is 0 Å². The van der Waals surface area contributed by atoms with Crippen molar-refractivity contribution in [2.75, 3.05) is 0 Å². The van der Waals surface area contributed by atoms with Gasteiger partial charge in [0, 0.05) is 6.07 Å². The Balaban J connectivity index is 3.07. The van der Waals surface area contributed by atoms with Crippen LogP contribution in [0.1, 0.15) is 5.69 Å². The van der Waals surface area contributed by atoms with Gasteiger partial charge in [-0.3, -0.25) is 4.98 Å². The largest absolute Gasteiger partial charge is 0.252 e. The molecule has 0 aliphatic heterocycles. The molecule has 1 nitrogen and oxygen atoms in total. The van der Waals surface area contributed by atoms with Gasteiger partial charge < -0.3 is 0 Å². The molecule has 10 heavy (non-hydrogen) atoms. The molecule has 0 saturated heterocycles. The lowest BCUT2D eigenvalue weighted by molar-refractivity contribution is 0.447. The molecule has 0 amide bonds. The topological polar surface area (TPSA) is 12.9 Å². The van der Waals surface area contributed by atoms with Crippen LogP contribution in [0, 0.1) is 11.6 Å². The highest BCUT2D eigenvalue weighted by Gasteiger charge is 2.03. The van der Waals surface area contributed by atoms with Crippen molar-refractivity contribution in [1.82, 2.24) is 4.98 Å². The molecule has 1 aromatic rings. The van der Waals surface area contributed by atoms with Gasteiger partial charge in [-0.2, -0.15) is 0 Å². The number of hydrogen-bond acceptors (Lipinski definition) is 1. The van der Waals surface area contributed by atoms with Crippen LogP contribution in [0.5, 0.6) is 0 Å². The van der Waals surface area contributed by atoms with Crippen molar-refractivity contribution in [2.24, 2.45) is 0 Å². The standard InChI is InChI=1S/C6H4F3N/c7-2-6-5(9)1-4(8)3-10-6/h1,3H,2H2. The Morgan fingerprint density at radius 2 is 2.10 bits per heavy atom. The van der Waals surface area contributed by atoms with E-state index in [-0.39, 0.29) is 5.69 Å². The fourth-order valence-corrected chi connectivity index (χ4v) is 0.541. The predicted octanol–water partition coefficient (Wildman–Crippen LogP) is 1.83. The van der Waals surface area contributed by atoms with Crippen LogP contribution in [0.2, 0.25) is 0 Å². The summed E-state index contributed by atoms with van der Waals surface area (Å²) in [4.78, 5) is 3.17. The maximum absolute atomic E-state index is 12.3. The van der Waals surface area contributed by atoms with E-state index in [4.69, 9.17) is 0 Å². The average molecular weight is 147 g/mol. The van der Waals surface area contributed by atoms with Crippen molar-refractivity contribution < 1.29 is 13.2 Å². The average Bonchev–Trinajstić information content (AvgIpc) is 1.88. The Bertz CT molecular complexity index is 236. The summed E-state index contributed by atoms with van der Waals surface area (Å²) in [6, 6.07) is 0.599. The molecule has 0 unspecified atom stereocenters. The van der Waals surface area contributed by atoms with Crippen LogP contribution in [-0.4, -0.2) is 4.98 Å². The molecule has 0 radical (unpaired) electrons. The van der Waals surface area contributed by atoms with Crippen LogP contribution in [0.15, 0.2) is 12.3 Å². The molecule has 0 bridgehead atoms. The molecule has 0 aliphatic carbocycles. The Morgan fingerprint density at radius 3 is 2.60 bits per heavy atom. The molecule has 1 aromatic heterocycles. The zero-order valence-electron chi connectivity index (χ0n) is 4.94. The van der Waals surface area contributed by atoms with E-state index >= 15 is 0 Å². The summed E-state index contributed by atoms with van der Waals surface area (Å²) < 4.78 is 36.1. The Morgan fingerprint density at radius 1 is 1.40 bits per heavy atom. The van der Waals surface area contributed by atoms with Crippen LogP contribution in [0.25, 0.3) is 0 Å². The normalized spacial score (nSPS) is 9.90. The van der Waals surface area contributed by atoms with E-state index in [0.29, 0.717) is 6.07 Å². The van der Waals surface area contributed by atoms with Crippen molar-refractivity contribution in [1.29, 1.82) is 0 Å². The van der Waals surface area contributed by atoms with E-state index in [9.17, 15) is 13.2 Å². The van der Waals surface area contributed by atoms with Crippen LogP contribution in [-0.2, 0) is 6.67 Å². The molecule has 1 rings (SSSR count). The minimum absolute atomic E-state index is 0.360. The van der Waals surface area contributed by atoms with E-state index in [1.54, 1.807) is 0 Å². The van der Waals surface area contributed by atoms with Gasteiger partial charge >= 0.3 is 0 Å². The van der Waals surface area contributed by atoms with Crippen LogP contribution in [0.3, 0.4) is 0 Å². The Labute approximate surface area is 55.5 Å². The van der Waals surface area contributed by atoms with Crippen molar-refractivity contribution >= 4 is 0 Å². The number of hydrogen-bond donors (Lipinski definition) is 0. The van der Waals surface area contributed by atoms with Crippen molar-refractivity contribution in [3.05, 3.63) is 29.6 Å². The van der Waals surface area contributed by atoms with Gasteiger partial charge in [-0.1, -0.05) is 0 Å². The summed E-state index contributed by atoms with van der Waals surface area (Å²) in [5, 5.41) is 0.